The average Bonchev–Trinajstić information content (AvgIpc) is 2.59. The Kier molecular flexibility index (Phi) is 6.33. The van der Waals surface area contributed by atoms with E-state index < -0.39 is 0 Å². The van der Waals surface area contributed by atoms with Crippen LogP contribution in [0.25, 0.3) is 0 Å². The largest absolute Gasteiger partial charge is 0.345 e. The van der Waals surface area contributed by atoms with Gasteiger partial charge in [0.1, 0.15) is 0 Å². The molecule has 1 N–H and O–H groups in total. The number of carbonyl (C=O) groups is 1. The quantitative estimate of drug-likeness (QED) is 0.627. The molecule has 0 radical (unpaired) electrons. The summed E-state index contributed by atoms with van der Waals surface area (Å²) in [5, 5.41) is 3.71. The maximum absolute atomic E-state index is 12.4. The van der Waals surface area contributed by atoms with Crippen molar-refractivity contribution in [3.8, 4) is 0 Å². The molecule has 0 unspecified atom stereocenters. The minimum absolute atomic E-state index is 0.0404. The topological polar surface area (TPSA) is 67.8 Å². The van der Waals surface area contributed by atoms with Gasteiger partial charge in [-0.15, -0.1) is 0 Å². The van der Waals surface area contributed by atoms with Gasteiger partial charge in [-0.05, 0) is 24.3 Å². The van der Waals surface area contributed by atoms with E-state index in [9.17, 15) is 4.79 Å². The number of rotatable bonds is 7. The molecule has 0 saturated heterocycles. The second kappa shape index (κ2) is 8.48. The zero-order valence-corrected chi connectivity index (χ0v) is 13.6. The van der Waals surface area contributed by atoms with Gasteiger partial charge in [0.25, 0.3) is 5.91 Å². The van der Waals surface area contributed by atoms with Crippen LogP contribution >= 0.6 is 11.8 Å². The van der Waals surface area contributed by atoms with Crippen LogP contribution in [0.4, 0.5) is 0 Å². The van der Waals surface area contributed by atoms with Gasteiger partial charge in [-0.25, -0.2) is 9.97 Å². The first-order valence-corrected chi connectivity index (χ1v) is 8.54. The number of thioether (sulfide) groups is 1. The van der Waals surface area contributed by atoms with Crippen LogP contribution in [0, 0.1) is 0 Å². The van der Waals surface area contributed by atoms with Crippen molar-refractivity contribution in [3.63, 3.8) is 0 Å². The minimum atomic E-state index is -0.155. The Morgan fingerprint density at radius 1 is 1.32 bits per heavy atom. The van der Waals surface area contributed by atoms with Gasteiger partial charge in [-0.1, -0.05) is 37.6 Å². The van der Waals surface area contributed by atoms with Crippen molar-refractivity contribution in [2.75, 3.05) is 6.26 Å². The summed E-state index contributed by atoms with van der Waals surface area (Å²) in [6.45, 7) is 2.14. The molecule has 2 aromatic heterocycles. The number of aromatic nitrogens is 3. The van der Waals surface area contributed by atoms with Crippen molar-refractivity contribution in [1.29, 1.82) is 0 Å². The maximum atomic E-state index is 12.4. The van der Waals surface area contributed by atoms with E-state index in [1.54, 1.807) is 24.8 Å². The van der Waals surface area contributed by atoms with Gasteiger partial charge < -0.3 is 5.32 Å². The van der Waals surface area contributed by atoms with Gasteiger partial charge in [-0.3, -0.25) is 9.78 Å². The highest BCUT2D eigenvalue weighted by molar-refractivity contribution is 7.98. The molecule has 116 valence electrons. The fourth-order valence-electron chi connectivity index (χ4n) is 2.09. The first-order valence-electron chi connectivity index (χ1n) is 7.31. The Labute approximate surface area is 135 Å². The van der Waals surface area contributed by atoms with Crippen LogP contribution < -0.4 is 5.32 Å². The fourth-order valence-corrected chi connectivity index (χ4v) is 2.41. The summed E-state index contributed by atoms with van der Waals surface area (Å²) in [7, 11) is 0. The number of carbonyl (C=O) groups excluding carboxylic acids is 1. The molecule has 1 atom stereocenters. The summed E-state index contributed by atoms with van der Waals surface area (Å²) in [5.41, 5.74) is 1.49. The zero-order valence-electron chi connectivity index (χ0n) is 12.8. The van der Waals surface area contributed by atoms with Gasteiger partial charge in [0, 0.05) is 24.8 Å². The first-order chi connectivity index (χ1) is 10.7. The van der Waals surface area contributed by atoms with Crippen molar-refractivity contribution < 1.29 is 4.79 Å². The average molecular weight is 316 g/mol. The van der Waals surface area contributed by atoms with E-state index >= 15 is 0 Å². The van der Waals surface area contributed by atoms with Crippen LogP contribution in [0.1, 0.15) is 48.1 Å². The van der Waals surface area contributed by atoms with Crippen LogP contribution in [0.15, 0.2) is 42.1 Å². The van der Waals surface area contributed by atoms with Crippen LogP contribution in [-0.4, -0.2) is 27.1 Å². The maximum Gasteiger partial charge on any atom is 0.254 e. The van der Waals surface area contributed by atoms with Gasteiger partial charge >= 0.3 is 0 Å². The van der Waals surface area contributed by atoms with Crippen molar-refractivity contribution in [1.82, 2.24) is 20.3 Å². The molecule has 0 aliphatic carbocycles. The Bertz CT molecular complexity index is 589. The van der Waals surface area contributed by atoms with E-state index in [0.29, 0.717) is 10.7 Å². The number of hydrogen-bond acceptors (Lipinski definition) is 5. The normalized spacial score (nSPS) is 11.9. The van der Waals surface area contributed by atoms with E-state index in [-0.39, 0.29) is 11.9 Å². The molecular formula is C16H20N4OS. The number of amides is 1. The molecule has 22 heavy (non-hydrogen) atoms. The smallest absolute Gasteiger partial charge is 0.254 e. The standard InChI is InChI=1S/C16H20N4OS/c1-3-4-7-14(12-6-5-8-17-9-12)20-15(21)13-10-18-16(22-2)19-11-13/h5-6,8-11,14H,3-4,7H2,1-2H3,(H,20,21)/t14-/m0/s1. The van der Waals surface area contributed by atoms with Crippen LogP contribution in [-0.2, 0) is 0 Å². The van der Waals surface area contributed by atoms with E-state index in [1.807, 2.05) is 18.4 Å². The summed E-state index contributed by atoms with van der Waals surface area (Å²) in [5.74, 6) is -0.155. The Hall–Kier alpha value is -1.95. The molecule has 2 aromatic rings. The summed E-state index contributed by atoms with van der Waals surface area (Å²) in [4.78, 5) is 24.8. The van der Waals surface area contributed by atoms with Crippen molar-refractivity contribution >= 4 is 17.7 Å². The molecule has 1 amide bonds. The van der Waals surface area contributed by atoms with Crippen LogP contribution in [0.2, 0.25) is 0 Å². The van der Waals surface area contributed by atoms with E-state index in [4.69, 9.17) is 0 Å². The molecule has 0 aliphatic rings. The summed E-state index contributed by atoms with van der Waals surface area (Å²) < 4.78 is 0. The lowest BCUT2D eigenvalue weighted by atomic mass is 10.0. The third kappa shape index (κ3) is 4.53. The molecule has 2 rings (SSSR count). The number of nitrogens with zero attached hydrogens (tertiary/aromatic N) is 3. The van der Waals surface area contributed by atoms with E-state index in [0.717, 1.165) is 24.8 Å². The predicted molar refractivity (Wildman–Crippen MR) is 87.8 cm³/mol. The number of nitrogens with one attached hydrogen (secondary N) is 1. The van der Waals surface area contributed by atoms with Gasteiger partial charge in [0.2, 0.25) is 0 Å². The molecule has 0 aromatic carbocycles. The predicted octanol–water partition coefficient (Wildman–Crippen LogP) is 3.25. The third-order valence-corrected chi connectivity index (χ3v) is 3.89. The lowest BCUT2D eigenvalue weighted by molar-refractivity contribution is 0.0933. The van der Waals surface area contributed by atoms with Crippen LogP contribution in [0.5, 0.6) is 0 Å². The fraction of sp³-hybridized carbons (Fsp3) is 0.375. The molecule has 0 saturated carbocycles. The second-order valence-electron chi connectivity index (χ2n) is 4.91. The highest BCUT2D eigenvalue weighted by Crippen LogP contribution is 2.19. The summed E-state index contributed by atoms with van der Waals surface area (Å²) >= 11 is 1.45. The minimum Gasteiger partial charge on any atom is -0.345 e. The summed E-state index contributed by atoms with van der Waals surface area (Å²) in [6.07, 6.45) is 11.6. The molecule has 2 heterocycles. The Morgan fingerprint density at radius 3 is 2.68 bits per heavy atom. The number of pyridine rings is 1. The highest BCUT2D eigenvalue weighted by Gasteiger charge is 2.16. The van der Waals surface area contributed by atoms with Crippen molar-refractivity contribution in [3.05, 3.63) is 48.0 Å². The lowest BCUT2D eigenvalue weighted by Gasteiger charge is -2.18. The van der Waals surface area contributed by atoms with E-state index in [1.165, 1.54) is 11.8 Å². The highest BCUT2D eigenvalue weighted by atomic mass is 32.2. The SMILES string of the molecule is CCCC[C@H](NC(=O)c1cnc(SC)nc1)c1cccnc1. The monoisotopic (exact) mass is 316 g/mol. The number of unbranched alkanes of at least 4 members (excludes halogenated alkanes) is 1. The zero-order chi connectivity index (χ0) is 15.8. The van der Waals surface area contributed by atoms with Crippen LogP contribution in [0.3, 0.4) is 0 Å². The van der Waals surface area contributed by atoms with Crippen molar-refractivity contribution in [2.45, 2.75) is 37.4 Å². The third-order valence-electron chi connectivity index (χ3n) is 3.31. The lowest BCUT2D eigenvalue weighted by Crippen LogP contribution is -2.29. The second-order valence-corrected chi connectivity index (χ2v) is 5.69. The van der Waals surface area contributed by atoms with Crippen molar-refractivity contribution in [2.24, 2.45) is 0 Å². The Balaban J connectivity index is 2.10. The molecule has 0 bridgehead atoms. The number of hydrogen-bond donors (Lipinski definition) is 1. The molecule has 5 nitrogen and oxygen atoms in total. The van der Waals surface area contributed by atoms with Gasteiger partial charge in [0.05, 0.1) is 11.6 Å². The molecule has 0 spiro atoms. The molecule has 0 fully saturated rings. The molecular weight excluding hydrogens is 296 g/mol. The molecule has 0 aliphatic heterocycles. The molecule has 6 heteroatoms. The van der Waals surface area contributed by atoms with Gasteiger partial charge in [0.15, 0.2) is 5.16 Å². The first kappa shape index (κ1) is 16.4. The van der Waals surface area contributed by atoms with E-state index in [2.05, 4.69) is 27.2 Å². The summed E-state index contributed by atoms with van der Waals surface area (Å²) in [6, 6.07) is 3.83. The Morgan fingerprint density at radius 2 is 2.09 bits per heavy atom. The van der Waals surface area contributed by atoms with Gasteiger partial charge in [-0.2, -0.15) is 0 Å².